The van der Waals surface area contributed by atoms with E-state index in [9.17, 15) is 4.79 Å². The smallest absolute Gasteiger partial charge is 0.258 e. The Kier molecular flexibility index (Phi) is 7.26. The van der Waals surface area contributed by atoms with Gasteiger partial charge in [0.05, 0.1) is 5.52 Å². The Bertz CT molecular complexity index is 1530. The second-order valence-electron chi connectivity index (χ2n) is 10.1. The second-order valence-corrected chi connectivity index (χ2v) is 10.1. The topological polar surface area (TPSA) is 92.7 Å². The molecule has 0 radical (unpaired) electrons. The van der Waals surface area contributed by atoms with Crippen molar-refractivity contribution in [2.24, 2.45) is 0 Å². The third-order valence-electron chi connectivity index (χ3n) is 7.40. The summed E-state index contributed by atoms with van der Waals surface area (Å²) in [5, 5.41) is 17.8. The van der Waals surface area contributed by atoms with Crippen LogP contribution in [0, 0.1) is 0 Å². The van der Waals surface area contributed by atoms with Crippen LogP contribution in [0.15, 0.2) is 54.6 Å². The zero-order valence-corrected chi connectivity index (χ0v) is 21.7. The summed E-state index contributed by atoms with van der Waals surface area (Å²) >= 11 is 0. The zero-order chi connectivity index (χ0) is 25.7. The van der Waals surface area contributed by atoms with Crippen LogP contribution in [0.5, 0.6) is 0 Å². The number of hydrogen-bond acceptors (Lipinski definition) is 6. The number of nitrogens with one attached hydrogen (secondary N) is 1. The first-order valence-corrected chi connectivity index (χ1v) is 13.8. The van der Waals surface area contributed by atoms with Gasteiger partial charge in [-0.05, 0) is 57.5 Å². The molecule has 0 saturated carbocycles. The van der Waals surface area contributed by atoms with Gasteiger partial charge in [0.1, 0.15) is 5.82 Å². The van der Waals surface area contributed by atoms with Crippen LogP contribution < -0.4 is 5.32 Å². The molecule has 1 amide bonds. The average molecular weight is 511 g/mol. The van der Waals surface area contributed by atoms with Gasteiger partial charge in [-0.3, -0.25) is 9.20 Å². The molecule has 5 aromatic rings. The lowest BCUT2D eigenvalue weighted by Crippen LogP contribution is -2.30. The van der Waals surface area contributed by atoms with Crippen LogP contribution in [0.1, 0.15) is 50.8 Å². The van der Waals surface area contributed by atoms with Gasteiger partial charge < -0.3 is 10.2 Å². The maximum Gasteiger partial charge on any atom is 0.258 e. The van der Waals surface area contributed by atoms with Crippen molar-refractivity contribution in [3.63, 3.8) is 0 Å². The molecule has 9 heteroatoms. The Labute approximate surface area is 221 Å². The van der Waals surface area contributed by atoms with E-state index in [4.69, 9.17) is 10.1 Å². The molecule has 3 aromatic heterocycles. The van der Waals surface area contributed by atoms with Gasteiger partial charge in [-0.25, -0.2) is 4.98 Å². The number of rotatable bonds is 9. The minimum Gasteiger partial charge on any atom is -0.356 e. The van der Waals surface area contributed by atoms with Crippen molar-refractivity contribution in [3.05, 3.63) is 60.4 Å². The minimum atomic E-state index is 0.103. The summed E-state index contributed by atoms with van der Waals surface area (Å²) in [5.74, 6) is 2.21. The first-order chi connectivity index (χ1) is 18.8. The largest absolute Gasteiger partial charge is 0.356 e. The fourth-order valence-corrected chi connectivity index (χ4v) is 5.43. The zero-order valence-electron chi connectivity index (χ0n) is 21.7. The summed E-state index contributed by atoms with van der Waals surface area (Å²) in [6, 6.07) is 18.1. The van der Waals surface area contributed by atoms with Crippen LogP contribution in [-0.4, -0.2) is 66.2 Å². The number of para-hydroxylation sites is 1. The Morgan fingerprint density at radius 2 is 1.68 bits per heavy atom. The lowest BCUT2D eigenvalue weighted by molar-refractivity contribution is -0.121. The van der Waals surface area contributed by atoms with Crippen LogP contribution in [0.2, 0.25) is 0 Å². The second kappa shape index (κ2) is 11.3. The lowest BCUT2D eigenvalue weighted by atomic mass is 10.2. The van der Waals surface area contributed by atoms with Gasteiger partial charge in [-0.1, -0.05) is 55.3 Å². The molecule has 1 saturated heterocycles. The van der Waals surface area contributed by atoms with Crippen molar-refractivity contribution in [2.75, 3.05) is 26.2 Å². The molecule has 0 spiro atoms. The Balaban J connectivity index is 1.13. The van der Waals surface area contributed by atoms with Crippen molar-refractivity contribution in [2.45, 2.75) is 51.4 Å². The van der Waals surface area contributed by atoms with Crippen molar-refractivity contribution >= 4 is 28.2 Å². The van der Waals surface area contributed by atoms with E-state index in [1.165, 1.54) is 38.8 Å². The third kappa shape index (κ3) is 5.11. The van der Waals surface area contributed by atoms with E-state index in [1.54, 1.807) is 4.52 Å². The van der Waals surface area contributed by atoms with Gasteiger partial charge >= 0.3 is 0 Å². The van der Waals surface area contributed by atoms with Crippen LogP contribution in [0.25, 0.3) is 33.7 Å². The standard InChI is InChI=1S/C29H34N8O/c38-26(30-18-11-21-35-19-8-1-2-9-20-35)17-10-16-25-32-33-29-36(25)24-15-7-6-14-23(24)28-31-27(34-37(28)29)22-12-4-3-5-13-22/h3-7,12-15H,1-2,8-11,16-21H2,(H,30,38). The summed E-state index contributed by atoms with van der Waals surface area (Å²) < 4.78 is 3.82. The Hall–Kier alpha value is -3.85. The number of nitrogens with zero attached hydrogens (tertiary/aromatic N) is 7. The van der Waals surface area contributed by atoms with Gasteiger partial charge in [0.2, 0.25) is 5.91 Å². The van der Waals surface area contributed by atoms with E-state index in [2.05, 4.69) is 32.5 Å². The molecule has 0 unspecified atom stereocenters. The number of carbonyl (C=O) groups is 1. The Morgan fingerprint density at radius 3 is 2.53 bits per heavy atom. The summed E-state index contributed by atoms with van der Waals surface area (Å²) in [6.45, 7) is 4.20. The van der Waals surface area contributed by atoms with E-state index >= 15 is 0 Å². The number of aromatic nitrogens is 6. The van der Waals surface area contributed by atoms with E-state index in [0.29, 0.717) is 30.9 Å². The fraction of sp³-hybridized carbons (Fsp3) is 0.414. The number of carbonyl (C=O) groups excluding carboxylic acids is 1. The molecule has 1 N–H and O–H groups in total. The Morgan fingerprint density at radius 1 is 0.895 bits per heavy atom. The van der Waals surface area contributed by atoms with Crippen LogP contribution >= 0.6 is 0 Å². The number of fused-ring (bicyclic) bond motifs is 6. The number of benzene rings is 2. The van der Waals surface area contributed by atoms with Crippen molar-refractivity contribution in [1.29, 1.82) is 0 Å². The lowest BCUT2D eigenvalue weighted by Gasteiger charge is -2.19. The average Bonchev–Trinajstić information content (AvgIpc) is 3.49. The highest BCUT2D eigenvalue weighted by Crippen LogP contribution is 2.25. The third-order valence-corrected chi connectivity index (χ3v) is 7.40. The molecule has 2 aromatic carbocycles. The molecule has 196 valence electrons. The number of likely N-dealkylation sites (tertiary alicyclic amines) is 1. The number of amides is 1. The van der Waals surface area contributed by atoms with E-state index < -0.39 is 0 Å². The SMILES string of the molecule is O=C(CCCc1nnc2n3nc(-c4ccccc4)nc3c3ccccc3n12)NCCCN1CCCCCC1. The van der Waals surface area contributed by atoms with Crippen molar-refractivity contribution < 1.29 is 4.79 Å². The molecule has 1 fully saturated rings. The molecule has 1 aliphatic heterocycles. The molecule has 9 nitrogen and oxygen atoms in total. The first-order valence-electron chi connectivity index (χ1n) is 13.8. The van der Waals surface area contributed by atoms with E-state index in [1.807, 2.05) is 46.9 Å². The monoisotopic (exact) mass is 510 g/mol. The van der Waals surface area contributed by atoms with Crippen LogP contribution in [0.4, 0.5) is 0 Å². The van der Waals surface area contributed by atoms with Crippen molar-refractivity contribution in [1.82, 2.24) is 39.4 Å². The van der Waals surface area contributed by atoms with Crippen LogP contribution in [0.3, 0.4) is 0 Å². The van der Waals surface area contributed by atoms with E-state index in [0.717, 1.165) is 47.4 Å². The number of aryl methyl sites for hydroxylation is 1. The molecular formula is C29H34N8O. The maximum atomic E-state index is 12.5. The molecule has 0 atom stereocenters. The summed E-state index contributed by atoms with van der Waals surface area (Å²) in [6.07, 6.45) is 8.14. The maximum absolute atomic E-state index is 12.5. The highest BCUT2D eigenvalue weighted by atomic mass is 16.1. The predicted molar refractivity (Wildman–Crippen MR) is 148 cm³/mol. The minimum absolute atomic E-state index is 0.103. The summed E-state index contributed by atoms with van der Waals surface area (Å²) in [4.78, 5) is 19.9. The summed E-state index contributed by atoms with van der Waals surface area (Å²) in [7, 11) is 0. The summed E-state index contributed by atoms with van der Waals surface area (Å²) in [5.41, 5.74) is 2.70. The first kappa shape index (κ1) is 24.5. The molecule has 4 heterocycles. The molecule has 0 bridgehead atoms. The quantitative estimate of drug-likeness (QED) is 0.297. The van der Waals surface area contributed by atoms with Gasteiger partial charge in [0.25, 0.3) is 5.78 Å². The van der Waals surface area contributed by atoms with Crippen LogP contribution in [-0.2, 0) is 11.2 Å². The molecule has 0 aliphatic carbocycles. The molecule has 6 rings (SSSR count). The molecular weight excluding hydrogens is 476 g/mol. The highest BCUT2D eigenvalue weighted by Gasteiger charge is 2.18. The van der Waals surface area contributed by atoms with Crippen molar-refractivity contribution in [3.8, 4) is 11.4 Å². The number of hydrogen-bond donors (Lipinski definition) is 1. The van der Waals surface area contributed by atoms with Gasteiger partial charge in [0.15, 0.2) is 11.5 Å². The molecule has 1 aliphatic rings. The van der Waals surface area contributed by atoms with Gasteiger partial charge in [0, 0.05) is 30.3 Å². The van der Waals surface area contributed by atoms with E-state index in [-0.39, 0.29) is 5.91 Å². The normalized spacial score (nSPS) is 14.8. The van der Waals surface area contributed by atoms with Gasteiger partial charge in [-0.15, -0.1) is 15.3 Å². The highest BCUT2D eigenvalue weighted by molar-refractivity contribution is 5.94. The predicted octanol–water partition coefficient (Wildman–Crippen LogP) is 4.30. The molecule has 38 heavy (non-hydrogen) atoms. The fourth-order valence-electron chi connectivity index (χ4n) is 5.43. The van der Waals surface area contributed by atoms with Gasteiger partial charge in [-0.2, -0.15) is 4.52 Å².